The Kier molecular flexibility index (Phi) is 6.44. The SMILES string of the molecule is CC(Oc1ccc(F)cc1)C(=O)Nc1ccc(S(=O)(=O)NC2CCS(=O)(=O)C2)cc1. The smallest absolute Gasteiger partial charge is 0.265 e. The number of anilines is 1. The summed E-state index contributed by atoms with van der Waals surface area (Å²) in [5.74, 6) is -0.807. The summed E-state index contributed by atoms with van der Waals surface area (Å²) in [7, 11) is -7.09. The van der Waals surface area contributed by atoms with Gasteiger partial charge in [0.2, 0.25) is 10.0 Å². The lowest BCUT2D eigenvalue weighted by Gasteiger charge is -2.15. The molecule has 8 nitrogen and oxygen atoms in total. The first kappa shape index (κ1) is 22.2. The summed E-state index contributed by atoms with van der Waals surface area (Å²) in [5, 5.41) is 2.60. The molecular formula is C19H21FN2O6S2. The van der Waals surface area contributed by atoms with Crippen LogP contribution < -0.4 is 14.8 Å². The van der Waals surface area contributed by atoms with Crippen molar-refractivity contribution in [3.05, 3.63) is 54.3 Å². The van der Waals surface area contributed by atoms with Gasteiger partial charge in [0.1, 0.15) is 11.6 Å². The summed E-state index contributed by atoms with van der Waals surface area (Å²) < 4.78 is 68.6. The van der Waals surface area contributed by atoms with Crippen molar-refractivity contribution < 1.29 is 30.8 Å². The fourth-order valence-electron chi connectivity index (χ4n) is 2.91. The number of carbonyl (C=O) groups is 1. The summed E-state index contributed by atoms with van der Waals surface area (Å²) in [6.07, 6.45) is -0.633. The van der Waals surface area contributed by atoms with Crippen molar-refractivity contribution >= 4 is 31.5 Å². The number of halogens is 1. The number of carbonyl (C=O) groups excluding carboxylic acids is 1. The van der Waals surface area contributed by atoms with Crippen molar-refractivity contribution in [3.8, 4) is 5.75 Å². The molecule has 2 atom stereocenters. The Labute approximate surface area is 174 Å². The van der Waals surface area contributed by atoms with Crippen molar-refractivity contribution in [2.24, 2.45) is 0 Å². The molecule has 1 aliphatic heterocycles. The number of sulfonamides is 1. The predicted octanol–water partition coefficient (Wildman–Crippen LogP) is 1.70. The molecule has 2 aromatic carbocycles. The highest BCUT2D eigenvalue weighted by molar-refractivity contribution is 7.92. The van der Waals surface area contributed by atoms with Gasteiger partial charge in [0.15, 0.2) is 15.9 Å². The maximum absolute atomic E-state index is 12.9. The lowest BCUT2D eigenvalue weighted by Crippen LogP contribution is -2.35. The molecule has 11 heteroatoms. The Morgan fingerprint density at radius 1 is 1.13 bits per heavy atom. The van der Waals surface area contributed by atoms with Crippen LogP contribution in [0.4, 0.5) is 10.1 Å². The molecule has 0 spiro atoms. The molecule has 0 bridgehead atoms. The van der Waals surface area contributed by atoms with E-state index in [9.17, 15) is 26.0 Å². The molecule has 2 N–H and O–H groups in total. The minimum absolute atomic E-state index is 0.0384. The van der Waals surface area contributed by atoms with E-state index in [1.165, 1.54) is 55.5 Å². The van der Waals surface area contributed by atoms with Crippen LogP contribution in [0.5, 0.6) is 5.75 Å². The van der Waals surface area contributed by atoms with E-state index >= 15 is 0 Å². The van der Waals surface area contributed by atoms with Crippen molar-refractivity contribution in [1.82, 2.24) is 4.72 Å². The van der Waals surface area contributed by atoms with Crippen LogP contribution in [0.2, 0.25) is 0 Å². The van der Waals surface area contributed by atoms with Crippen LogP contribution in [-0.4, -0.2) is 46.4 Å². The second-order valence-electron chi connectivity index (χ2n) is 6.95. The van der Waals surface area contributed by atoms with E-state index in [0.717, 1.165) is 0 Å². The molecular weight excluding hydrogens is 435 g/mol. The Morgan fingerprint density at radius 3 is 2.33 bits per heavy atom. The summed E-state index contributed by atoms with van der Waals surface area (Å²) >= 11 is 0. The second-order valence-corrected chi connectivity index (χ2v) is 10.9. The van der Waals surface area contributed by atoms with Crippen molar-refractivity contribution in [2.45, 2.75) is 30.4 Å². The average Bonchev–Trinajstić information content (AvgIpc) is 3.01. The van der Waals surface area contributed by atoms with Gasteiger partial charge in [0.25, 0.3) is 5.91 Å². The highest BCUT2D eigenvalue weighted by Gasteiger charge is 2.31. The van der Waals surface area contributed by atoms with Gasteiger partial charge in [-0.15, -0.1) is 0 Å². The van der Waals surface area contributed by atoms with E-state index < -0.39 is 43.7 Å². The van der Waals surface area contributed by atoms with Crippen molar-refractivity contribution in [2.75, 3.05) is 16.8 Å². The van der Waals surface area contributed by atoms with Crippen LogP contribution in [0, 0.1) is 5.82 Å². The summed E-state index contributed by atoms with van der Waals surface area (Å²) in [4.78, 5) is 12.2. The third-order valence-corrected chi connectivity index (χ3v) is 7.79. The standard InChI is InChI=1S/C19H21FN2O6S2/c1-13(28-17-6-2-14(20)3-7-17)19(23)21-15-4-8-18(9-5-15)30(26,27)22-16-10-11-29(24,25)12-16/h2-9,13,16,22H,10-12H2,1H3,(H,21,23). The topological polar surface area (TPSA) is 119 Å². The number of nitrogens with one attached hydrogen (secondary N) is 2. The first-order valence-electron chi connectivity index (χ1n) is 9.10. The van der Waals surface area contributed by atoms with E-state index in [2.05, 4.69) is 10.0 Å². The van der Waals surface area contributed by atoms with Crippen LogP contribution >= 0.6 is 0 Å². The van der Waals surface area contributed by atoms with Gasteiger partial charge in [-0.2, -0.15) is 0 Å². The van der Waals surface area contributed by atoms with Gasteiger partial charge in [-0.25, -0.2) is 25.9 Å². The fourth-order valence-corrected chi connectivity index (χ4v) is 5.96. The predicted molar refractivity (Wildman–Crippen MR) is 109 cm³/mol. The maximum Gasteiger partial charge on any atom is 0.265 e. The molecule has 1 aliphatic rings. The molecule has 1 fully saturated rings. The van der Waals surface area contributed by atoms with Crippen LogP contribution in [0.1, 0.15) is 13.3 Å². The fraction of sp³-hybridized carbons (Fsp3) is 0.316. The normalized spacial score (nSPS) is 19.2. The van der Waals surface area contributed by atoms with Gasteiger partial charge in [-0.1, -0.05) is 0 Å². The zero-order valence-corrected chi connectivity index (χ0v) is 17.7. The largest absolute Gasteiger partial charge is 0.481 e. The van der Waals surface area contributed by atoms with Gasteiger partial charge in [-0.3, -0.25) is 4.79 Å². The molecule has 162 valence electrons. The Hall–Kier alpha value is -2.50. The van der Waals surface area contributed by atoms with E-state index in [0.29, 0.717) is 11.4 Å². The third kappa shape index (κ3) is 5.77. The molecule has 1 heterocycles. The number of hydrogen-bond acceptors (Lipinski definition) is 6. The molecule has 2 aromatic rings. The molecule has 2 unspecified atom stereocenters. The van der Waals surface area contributed by atoms with E-state index in [-0.39, 0.29) is 22.8 Å². The van der Waals surface area contributed by atoms with E-state index in [1.54, 1.807) is 0 Å². The average molecular weight is 457 g/mol. The van der Waals surface area contributed by atoms with Gasteiger partial charge >= 0.3 is 0 Å². The zero-order valence-electron chi connectivity index (χ0n) is 16.0. The van der Waals surface area contributed by atoms with Gasteiger partial charge < -0.3 is 10.1 Å². The highest BCUT2D eigenvalue weighted by atomic mass is 32.2. The second kappa shape index (κ2) is 8.70. The lowest BCUT2D eigenvalue weighted by molar-refractivity contribution is -0.122. The lowest BCUT2D eigenvalue weighted by atomic mass is 10.3. The van der Waals surface area contributed by atoms with Crippen molar-refractivity contribution in [1.29, 1.82) is 0 Å². The monoisotopic (exact) mass is 456 g/mol. The minimum Gasteiger partial charge on any atom is -0.481 e. The van der Waals surface area contributed by atoms with Gasteiger partial charge in [-0.05, 0) is 61.9 Å². The first-order valence-corrected chi connectivity index (χ1v) is 12.4. The first-order chi connectivity index (χ1) is 14.0. The number of benzene rings is 2. The quantitative estimate of drug-likeness (QED) is 0.655. The number of amides is 1. The molecule has 0 saturated carbocycles. The number of ether oxygens (including phenoxy) is 1. The Morgan fingerprint density at radius 2 is 1.77 bits per heavy atom. The molecule has 0 aliphatic carbocycles. The van der Waals surface area contributed by atoms with Gasteiger partial charge in [0.05, 0.1) is 16.4 Å². The summed E-state index contributed by atoms with van der Waals surface area (Å²) in [6.45, 7) is 1.52. The molecule has 1 amide bonds. The van der Waals surface area contributed by atoms with E-state index in [4.69, 9.17) is 4.74 Å². The van der Waals surface area contributed by atoms with Crippen LogP contribution in [-0.2, 0) is 24.7 Å². The molecule has 0 radical (unpaired) electrons. The minimum atomic E-state index is -3.88. The molecule has 3 rings (SSSR count). The number of rotatable bonds is 7. The van der Waals surface area contributed by atoms with Crippen LogP contribution in [0.15, 0.2) is 53.4 Å². The Bertz CT molecular complexity index is 1120. The number of hydrogen-bond donors (Lipinski definition) is 2. The van der Waals surface area contributed by atoms with E-state index in [1.807, 2.05) is 0 Å². The molecule has 1 saturated heterocycles. The van der Waals surface area contributed by atoms with Crippen LogP contribution in [0.3, 0.4) is 0 Å². The number of sulfone groups is 1. The zero-order chi connectivity index (χ0) is 21.9. The summed E-state index contributed by atoms with van der Waals surface area (Å²) in [6, 6.07) is 10.1. The molecule has 30 heavy (non-hydrogen) atoms. The third-order valence-electron chi connectivity index (χ3n) is 4.48. The highest BCUT2D eigenvalue weighted by Crippen LogP contribution is 2.19. The maximum atomic E-state index is 12.9. The van der Waals surface area contributed by atoms with Gasteiger partial charge in [0, 0.05) is 11.7 Å². The van der Waals surface area contributed by atoms with Crippen molar-refractivity contribution in [3.63, 3.8) is 0 Å². The van der Waals surface area contributed by atoms with Crippen LogP contribution in [0.25, 0.3) is 0 Å². The molecule has 0 aromatic heterocycles. The Balaban J connectivity index is 1.59. The summed E-state index contributed by atoms with van der Waals surface area (Å²) in [5.41, 5.74) is 0.358.